The van der Waals surface area contributed by atoms with E-state index in [-0.39, 0.29) is 18.1 Å². The van der Waals surface area contributed by atoms with Gasteiger partial charge < -0.3 is 5.32 Å². The van der Waals surface area contributed by atoms with Crippen LogP contribution in [0.4, 0.5) is 13.2 Å². The van der Waals surface area contributed by atoms with Crippen LogP contribution >= 0.6 is 0 Å². The lowest BCUT2D eigenvalue weighted by Gasteiger charge is -2.45. The van der Waals surface area contributed by atoms with E-state index in [2.05, 4.69) is 12.2 Å². The van der Waals surface area contributed by atoms with Crippen LogP contribution in [0.15, 0.2) is 0 Å². The molecule has 1 aliphatic carbocycles. The zero-order chi connectivity index (χ0) is 15.3. The van der Waals surface area contributed by atoms with Gasteiger partial charge in [-0.2, -0.15) is 13.2 Å². The summed E-state index contributed by atoms with van der Waals surface area (Å²) in [6.07, 6.45) is -0.0728. The zero-order valence-corrected chi connectivity index (χ0v) is 13.1. The molecule has 3 atom stereocenters. The van der Waals surface area contributed by atoms with Gasteiger partial charge in [-0.15, -0.1) is 0 Å². The van der Waals surface area contributed by atoms with Crippen LogP contribution in [0, 0.1) is 5.92 Å². The van der Waals surface area contributed by atoms with Crippen molar-refractivity contribution in [3.05, 3.63) is 0 Å². The lowest BCUT2D eigenvalue weighted by Crippen LogP contribution is -2.57. The Morgan fingerprint density at radius 1 is 1.20 bits per heavy atom. The molecule has 0 aliphatic heterocycles. The molecule has 0 amide bonds. The van der Waals surface area contributed by atoms with Gasteiger partial charge in [0, 0.05) is 18.1 Å². The first-order chi connectivity index (χ1) is 9.28. The summed E-state index contributed by atoms with van der Waals surface area (Å²) in [7, 11) is 0. The fourth-order valence-corrected chi connectivity index (χ4v) is 3.36. The van der Waals surface area contributed by atoms with Crippen molar-refractivity contribution in [1.29, 1.82) is 0 Å². The normalized spacial score (nSPS) is 28.4. The number of rotatable bonds is 6. The van der Waals surface area contributed by atoms with Crippen molar-refractivity contribution in [3.63, 3.8) is 0 Å². The number of hydrogen-bond acceptors (Lipinski definition) is 2. The highest BCUT2D eigenvalue weighted by molar-refractivity contribution is 4.92. The van der Waals surface area contributed by atoms with Gasteiger partial charge in [0.05, 0.1) is 6.54 Å². The molecule has 0 aromatic heterocycles. The molecule has 0 aromatic carbocycles. The van der Waals surface area contributed by atoms with Gasteiger partial charge in [0.25, 0.3) is 0 Å². The smallest absolute Gasteiger partial charge is 0.313 e. The minimum absolute atomic E-state index is 0.00438. The van der Waals surface area contributed by atoms with Crippen molar-refractivity contribution in [2.75, 3.05) is 13.1 Å². The van der Waals surface area contributed by atoms with Crippen molar-refractivity contribution in [2.24, 2.45) is 5.92 Å². The number of hydrogen-bond donors (Lipinski definition) is 1. The first-order valence-electron chi connectivity index (χ1n) is 7.84. The van der Waals surface area contributed by atoms with Crippen LogP contribution in [-0.4, -0.2) is 42.3 Å². The van der Waals surface area contributed by atoms with E-state index in [1.54, 1.807) is 4.90 Å². The Bertz CT molecular complexity index is 279. The molecular formula is C15H29F3N2. The molecule has 1 aliphatic rings. The highest BCUT2D eigenvalue weighted by atomic mass is 19.4. The van der Waals surface area contributed by atoms with Gasteiger partial charge in [-0.05, 0) is 45.6 Å². The fourth-order valence-electron chi connectivity index (χ4n) is 3.36. The third-order valence-electron chi connectivity index (χ3n) is 4.42. The maximum atomic E-state index is 12.9. The van der Waals surface area contributed by atoms with Crippen LogP contribution in [0.3, 0.4) is 0 Å². The van der Waals surface area contributed by atoms with Crippen molar-refractivity contribution in [1.82, 2.24) is 10.2 Å². The van der Waals surface area contributed by atoms with Gasteiger partial charge in [-0.3, -0.25) is 4.90 Å². The number of halogens is 3. The Morgan fingerprint density at radius 2 is 1.85 bits per heavy atom. The van der Waals surface area contributed by atoms with Crippen molar-refractivity contribution >= 4 is 0 Å². The molecule has 2 nitrogen and oxygen atoms in total. The van der Waals surface area contributed by atoms with Gasteiger partial charge in [0.2, 0.25) is 0 Å². The highest BCUT2D eigenvalue weighted by Gasteiger charge is 2.40. The first-order valence-corrected chi connectivity index (χ1v) is 7.84. The van der Waals surface area contributed by atoms with E-state index in [1.165, 1.54) is 0 Å². The maximum absolute atomic E-state index is 12.9. The predicted molar refractivity (Wildman–Crippen MR) is 76.8 cm³/mol. The Kier molecular flexibility index (Phi) is 6.79. The Hall–Kier alpha value is -0.290. The van der Waals surface area contributed by atoms with E-state index in [0.717, 1.165) is 32.2 Å². The number of likely N-dealkylation sites (N-methyl/N-ethyl adjacent to an activating group) is 1. The van der Waals surface area contributed by atoms with Crippen LogP contribution in [0.2, 0.25) is 0 Å². The second-order valence-electron chi connectivity index (χ2n) is 6.20. The highest BCUT2D eigenvalue weighted by Crippen LogP contribution is 2.32. The summed E-state index contributed by atoms with van der Waals surface area (Å²) < 4.78 is 38.6. The third kappa shape index (κ3) is 5.24. The first kappa shape index (κ1) is 17.8. The van der Waals surface area contributed by atoms with Crippen LogP contribution in [0.1, 0.15) is 53.4 Å². The van der Waals surface area contributed by atoms with Gasteiger partial charge in [-0.1, -0.05) is 20.3 Å². The minimum Gasteiger partial charge on any atom is -0.313 e. The topological polar surface area (TPSA) is 15.3 Å². The second kappa shape index (κ2) is 7.64. The van der Waals surface area contributed by atoms with Crippen LogP contribution < -0.4 is 5.32 Å². The van der Waals surface area contributed by atoms with E-state index >= 15 is 0 Å². The molecule has 0 heterocycles. The summed E-state index contributed by atoms with van der Waals surface area (Å²) in [6.45, 7) is 7.91. The lowest BCUT2D eigenvalue weighted by atomic mass is 9.79. The van der Waals surface area contributed by atoms with Gasteiger partial charge in [-0.25, -0.2) is 0 Å². The molecule has 20 heavy (non-hydrogen) atoms. The molecule has 120 valence electrons. The second-order valence-corrected chi connectivity index (χ2v) is 6.20. The molecule has 1 N–H and O–H groups in total. The maximum Gasteiger partial charge on any atom is 0.401 e. The number of alkyl halides is 3. The van der Waals surface area contributed by atoms with E-state index < -0.39 is 12.7 Å². The van der Waals surface area contributed by atoms with E-state index in [0.29, 0.717) is 5.92 Å². The SMILES string of the molecule is CCNC1CCC(CC)CC1N(CC(F)(F)F)C(C)C. The molecule has 1 rings (SSSR count). The molecule has 5 heteroatoms. The monoisotopic (exact) mass is 294 g/mol. The van der Waals surface area contributed by atoms with Crippen LogP contribution in [-0.2, 0) is 0 Å². The molecule has 0 saturated heterocycles. The zero-order valence-electron chi connectivity index (χ0n) is 13.1. The van der Waals surface area contributed by atoms with Crippen LogP contribution in [0.25, 0.3) is 0 Å². The largest absolute Gasteiger partial charge is 0.401 e. The van der Waals surface area contributed by atoms with Gasteiger partial charge in [0.1, 0.15) is 0 Å². The summed E-state index contributed by atoms with van der Waals surface area (Å²) in [5, 5.41) is 3.39. The molecule has 1 saturated carbocycles. The lowest BCUT2D eigenvalue weighted by molar-refractivity contribution is -0.159. The average Bonchev–Trinajstić information content (AvgIpc) is 2.35. The fraction of sp³-hybridized carbons (Fsp3) is 1.00. The number of nitrogens with zero attached hydrogens (tertiary/aromatic N) is 1. The summed E-state index contributed by atoms with van der Waals surface area (Å²) in [5.74, 6) is 0.560. The summed E-state index contributed by atoms with van der Waals surface area (Å²) in [6, 6.07) is 0.0983. The standard InChI is InChI=1S/C15H29F3N2/c1-5-12-7-8-13(19-6-2)14(9-12)20(11(3)4)10-15(16,17)18/h11-14,19H,5-10H2,1-4H3. The van der Waals surface area contributed by atoms with Crippen molar-refractivity contribution < 1.29 is 13.2 Å². The molecule has 1 fully saturated rings. The summed E-state index contributed by atoms with van der Waals surface area (Å²) >= 11 is 0. The minimum atomic E-state index is -4.12. The molecule has 0 bridgehead atoms. The van der Waals surface area contributed by atoms with Crippen LogP contribution in [0.5, 0.6) is 0 Å². The Morgan fingerprint density at radius 3 is 2.30 bits per heavy atom. The quantitative estimate of drug-likeness (QED) is 0.801. The van der Waals surface area contributed by atoms with E-state index in [4.69, 9.17) is 0 Å². The molecule has 3 unspecified atom stereocenters. The van der Waals surface area contributed by atoms with Gasteiger partial charge >= 0.3 is 6.18 Å². The molecule has 0 radical (unpaired) electrons. The summed E-state index contributed by atoms with van der Waals surface area (Å²) in [4.78, 5) is 1.65. The Balaban J connectivity index is 2.85. The predicted octanol–water partition coefficient (Wildman–Crippen LogP) is 3.82. The molecule has 0 spiro atoms. The van der Waals surface area contributed by atoms with Crippen molar-refractivity contribution in [2.45, 2.75) is 77.7 Å². The van der Waals surface area contributed by atoms with Gasteiger partial charge in [0.15, 0.2) is 0 Å². The molecule has 0 aromatic rings. The third-order valence-corrected chi connectivity index (χ3v) is 4.42. The number of nitrogens with one attached hydrogen (secondary N) is 1. The van der Waals surface area contributed by atoms with E-state index in [1.807, 2.05) is 20.8 Å². The summed E-state index contributed by atoms with van der Waals surface area (Å²) in [5.41, 5.74) is 0. The average molecular weight is 294 g/mol. The molecular weight excluding hydrogens is 265 g/mol. The van der Waals surface area contributed by atoms with E-state index in [9.17, 15) is 13.2 Å². The van der Waals surface area contributed by atoms with Crippen molar-refractivity contribution in [3.8, 4) is 0 Å². The Labute approximate surface area is 121 Å².